The minimum absolute atomic E-state index is 0.0936. The highest BCUT2D eigenvalue weighted by Crippen LogP contribution is 2.17. The first-order chi connectivity index (χ1) is 8.04. The zero-order chi connectivity index (χ0) is 12.8. The average Bonchev–Trinajstić information content (AvgIpc) is 2.30. The maximum Gasteiger partial charge on any atom is 0.333 e. The molecule has 0 aliphatic carbocycles. The molecule has 0 bridgehead atoms. The molecule has 1 atom stereocenters. The van der Waals surface area contributed by atoms with Crippen molar-refractivity contribution < 1.29 is 19.2 Å². The Morgan fingerprint density at radius 1 is 1.47 bits per heavy atom. The van der Waals surface area contributed by atoms with Crippen LogP contribution in [0.4, 0.5) is 5.69 Å². The third-order valence-corrected chi connectivity index (χ3v) is 1.94. The molecule has 7 heteroatoms. The molecule has 0 aliphatic heterocycles. The van der Waals surface area contributed by atoms with Crippen LogP contribution in [0.25, 0.3) is 0 Å². The van der Waals surface area contributed by atoms with Crippen molar-refractivity contribution in [3.05, 3.63) is 34.4 Å². The second kappa shape index (κ2) is 5.59. The Hall–Kier alpha value is -2.44. The van der Waals surface area contributed by atoms with E-state index >= 15 is 0 Å². The number of amides is 1. The van der Waals surface area contributed by atoms with Crippen LogP contribution >= 0.6 is 0 Å². The molecule has 7 nitrogen and oxygen atoms in total. The van der Waals surface area contributed by atoms with E-state index in [9.17, 15) is 19.7 Å². The summed E-state index contributed by atoms with van der Waals surface area (Å²) in [6.07, 6.45) is 0.391. The number of non-ortho nitro benzene ring substituents is 1. The van der Waals surface area contributed by atoms with Crippen molar-refractivity contribution in [2.45, 2.75) is 13.0 Å². The molecule has 0 aliphatic rings. The topological polar surface area (TPSA) is 98.5 Å². The molecule has 0 aromatic heterocycles. The van der Waals surface area contributed by atoms with E-state index in [2.05, 4.69) is 5.32 Å². The second-order valence-electron chi connectivity index (χ2n) is 3.18. The number of hydrogen-bond acceptors (Lipinski definition) is 5. The first-order valence-electron chi connectivity index (χ1n) is 4.70. The Bertz CT molecular complexity index is 429. The summed E-state index contributed by atoms with van der Waals surface area (Å²) in [5, 5.41) is 12.6. The molecule has 0 saturated carbocycles. The summed E-state index contributed by atoms with van der Waals surface area (Å²) in [6.45, 7) is 1.46. The van der Waals surface area contributed by atoms with Crippen LogP contribution in [-0.4, -0.2) is 23.3 Å². The van der Waals surface area contributed by atoms with E-state index in [4.69, 9.17) is 4.74 Å². The van der Waals surface area contributed by atoms with Gasteiger partial charge < -0.3 is 10.1 Å². The average molecular weight is 238 g/mol. The molecule has 0 saturated heterocycles. The monoisotopic (exact) mass is 238 g/mol. The predicted octanol–water partition coefficient (Wildman–Crippen LogP) is 0.635. The van der Waals surface area contributed by atoms with Crippen LogP contribution in [0.5, 0.6) is 5.75 Å². The van der Waals surface area contributed by atoms with Gasteiger partial charge in [0.25, 0.3) is 5.69 Å². The minimum atomic E-state index is -0.775. The Kier molecular flexibility index (Phi) is 4.15. The van der Waals surface area contributed by atoms with Crippen molar-refractivity contribution >= 4 is 18.1 Å². The molecule has 17 heavy (non-hydrogen) atoms. The quantitative estimate of drug-likeness (QED) is 0.267. The summed E-state index contributed by atoms with van der Waals surface area (Å²) >= 11 is 0. The number of benzene rings is 1. The van der Waals surface area contributed by atoms with Gasteiger partial charge in [-0.15, -0.1) is 0 Å². The van der Waals surface area contributed by atoms with Crippen molar-refractivity contribution in [3.63, 3.8) is 0 Å². The molecule has 0 radical (unpaired) electrons. The largest absolute Gasteiger partial charge is 0.425 e. The molecule has 1 aromatic rings. The Labute approximate surface area is 96.5 Å². The minimum Gasteiger partial charge on any atom is -0.425 e. The maximum absolute atomic E-state index is 11.3. The van der Waals surface area contributed by atoms with Gasteiger partial charge in [-0.05, 0) is 19.1 Å². The summed E-state index contributed by atoms with van der Waals surface area (Å²) in [4.78, 5) is 31.3. The van der Waals surface area contributed by atoms with E-state index in [1.54, 1.807) is 0 Å². The van der Waals surface area contributed by atoms with Crippen molar-refractivity contribution in [2.75, 3.05) is 0 Å². The van der Waals surface area contributed by atoms with Gasteiger partial charge in [0.2, 0.25) is 6.41 Å². The summed E-state index contributed by atoms with van der Waals surface area (Å²) in [5.41, 5.74) is -0.0936. The zero-order valence-electron chi connectivity index (χ0n) is 8.95. The third kappa shape index (κ3) is 3.56. The highest BCUT2D eigenvalue weighted by molar-refractivity contribution is 5.79. The summed E-state index contributed by atoms with van der Waals surface area (Å²) < 4.78 is 4.88. The predicted molar refractivity (Wildman–Crippen MR) is 57.4 cm³/mol. The van der Waals surface area contributed by atoms with Crippen LogP contribution in [0.1, 0.15) is 6.92 Å². The van der Waals surface area contributed by atoms with Gasteiger partial charge in [-0.1, -0.05) is 0 Å². The number of ether oxygens (including phenoxy) is 1. The lowest BCUT2D eigenvalue weighted by Crippen LogP contribution is -2.35. The standard InChI is InChI=1S/C10H10N2O5/c1-7(11-6-13)10(14)17-9-4-2-8(3-5-9)12(15)16/h2-7H,1H3,(H,11,13)/t7-/m0/s1. The molecule has 0 fully saturated rings. The number of esters is 1. The molecule has 1 amide bonds. The van der Waals surface area contributed by atoms with E-state index in [-0.39, 0.29) is 11.4 Å². The van der Waals surface area contributed by atoms with Gasteiger partial charge >= 0.3 is 5.97 Å². The van der Waals surface area contributed by atoms with Gasteiger partial charge in [0.15, 0.2) is 0 Å². The smallest absolute Gasteiger partial charge is 0.333 e. The maximum atomic E-state index is 11.3. The van der Waals surface area contributed by atoms with Crippen molar-refractivity contribution in [1.82, 2.24) is 5.32 Å². The summed E-state index contributed by atoms with van der Waals surface area (Å²) in [5.74, 6) is -0.467. The zero-order valence-corrected chi connectivity index (χ0v) is 8.95. The molecule has 1 aromatic carbocycles. The van der Waals surface area contributed by atoms with Crippen LogP contribution in [0.3, 0.4) is 0 Å². The lowest BCUT2D eigenvalue weighted by atomic mass is 10.3. The molecule has 0 unspecified atom stereocenters. The van der Waals surface area contributed by atoms with Crippen LogP contribution < -0.4 is 10.1 Å². The van der Waals surface area contributed by atoms with Gasteiger partial charge in [-0.25, -0.2) is 4.79 Å². The van der Waals surface area contributed by atoms with Crippen molar-refractivity contribution in [3.8, 4) is 5.75 Å². The van der Waals surface area contributed by atoms with E-state index in [1.807, 2.05) is 0 Å². The van der Waals surface area contributed by atoms with Crippen LogP contribution in [0, 0.1) is 10.1 Å². The highest BCUT2D eigenvalue weighted by Gasteiger charge is 2.14. The molecular formula is C10H10N2O5. The lowest BCUT2D eigenvalue weighted by Gasteiger charge is -2.09. The first-order valence-corrected chi connectivity index (χ1v) is 4.70. The number of rotatable bonds is 5. The Morgan fingerprint density at radius 3 is 2.53 bits per heavy atom. The molecule has 1 rings (SSSR count). The summed E-state index contributed by atoms with van der Waals surface area (Å²) in [7, 11) is 0. The fourth-order valence-corrected chi connectivity index (χ4v) is 1.01. The molecule has 1 N–H and O–H groups in total. The van der Waals surface area contributed by atoms with Crippen LogP contribution in [-0.2, 0) is 9.59 Å². The molecular weight excluding hydrogens is 228 g/mol. The SMILES string of the molecule is C[C@H](NC=O)C(=O)Oc1ccc([N+](=O)[O-])cc1. The van der Waals surface area contributed by atoms with E-state index in [0.29, 0.717) is 6.41 Å². The molecule has 90 valence electrons. The number of nitrogens with zero attached hydrogens (tertiary/aromatic N) is 1. The van der Waals surface area contributed by atoms with E-state index in [1.165, 1.54) is 31.2 Å². The normalized spacial score (nSPS) is 11.4. The van der Waals surface area contributed by atoms with E-state index < -0.39 is 16.9 Å². The van der Waals surface area contributed by atoms with Gasteiger partial charge in [-0.2, -0.15) is 0 Å². The number of nitrogens with one attached hydrogen (secondary N) is 1. The number of nitro groups is 1. The first kappa shape index (κ1) is 12.6. The van der Waals surface area contributed by atoms with Gasteiger partial charge in [0.05, 0.1) is 4.92 Å². The summed E-state index contributed by atoms with van der Waals surface area (Å²) in [6, 6.07) is 4.29. The third-order valence-electron chi connectivity index (χ3n) is 1.94. The fourth-order valence-electron chi connectivity index (χ4n) is 1.01. The van der Waals surface area contributed by atoms with Gasteiger partial charge in [0.1, 0.15) is 11.8 Å². The number of nitro benzene ring substituents is 1. The highest BCUT2D eigenvalue weighted by atomic mass is 16.6. The van der Waals surface area contributed by atoms with Crippen LogP contribution in [0.15, 0.2) is 24.3 Å². The van der Waals surface area contributed by atoms with Crippen molar-refractivity contribution in [1.29, 1.82) is 0 Å². The van der Waals surface area contributed by atoms with Crippen molar-refractivity contribution in [2.24, 2.45) is 0 Å². The molecule has 0 heterocycles. The fraction of sp³-hybridized carbons (Fsp3) is 0.200. The second-order valence-corrected chi connectivity index (χ2v) is 3.18. The lowest BCUT2D eigenvalue weighted by molar-refractivity contribution is -0.384. The number of carbonyl (C=O) groups is 2. The van der Waals surface area contributed by atoms with Gasteiger partial charge in [-0.3, -0.25) is 14.9 Å². The van der Waals surface area contributed by atoms with E-state index in [0.717, 1.165) is 0 Å². The number of hydrogen-bond donors (Lipinski definition) is 1. The van der Waals surface area contributed by atoms with Gasteiger partial charge in [0, 0.05) is 12.1 Å². The van der Waals surface area contributed by atoms with Crippen LogP contribution in [0.2, 0.25) is 0 Å². The Morgan fingerprint density at radius 2 is 2.06 bits per heavy atom. The molecule has 0 spiro atoms. The Balaban J connectivity index is 2.66. The number of carbonyl (C=O) groups excluding carboxylic acids is 2.